The van der Waals surface area contributed by atoms with Crippen molar-refractivity contribution in [2.24, 2.45) is 5.73 Å². The largest absolute Gasteiger partial charge is 0.433 e. The number of anilines is 2. The lowest BCUT2D eigenvalue weighted by Crippen LogP contribution is -2.53. The Kier molecular flexibility index (Phi) is 8.56. The normalized spacial score (nSPS) is 15.5. The number of halogens is 4. The summed E-state index contributed by atoms with van der Waals surface area (Å²) in [7, 11) is 0. The molecular formula is C18H22F4N4O5. The third-order valence-electron chi connectivity index (χ3n) is 4.38. The lowest BCUT2D eigenvalue weighted by Gasteiger charge is -2.29. The van der Waals surface area contributed by atoms with Crippen LogP contribution in [0.1, 0.15) is 6.92 Å². The van der Waals surface area contributed by atoms with E-state index in [4.69, 9.17) is 10.5 Å². The molecule has 0 unspecified atom stereocenters. The molecule has 0 radical (unpaired) electrons. The van der Waals surface area contributed by atoms with Crippen molar-refractivity contribution in [3.8, 4) is 5.75 Å². The quantitative estimate of drug-likeness (QED) is 0.407. The van der Waals surface area contributed by atoms with Gasteiger partial charge in [0.05, 0.1) is 18.8 Å². The number of likely N-dealkylation sites (N-methyl/N-ethyl adjacent to an activating group) is 1. The molecule has 0 aliphatic carbocycles. The molecule has 1 aromatic rings. The van der Waals surface area contributed by atoms with Crippen LogP contribution in [0.15, 0.2) is 18.2 Å². The molecule has 0 spiro atoms. The molecule has 1 atom stereocenters. The van der Waals surface area contributed by atoms with Gasteiger partial charge < -0.3 is 25.4 Å². The first-order valence-electron chi connectivity index (χ1n) is 9.23. The topological polar surface area (TPSA) is 114 Å². The van der Waals surface area contributed by atoms with Crippen LogP contribution in [0.25, 0.3) is 0 Å². The van der Waals surface area contributed by atoms with Crippen LogP contribution in [0.3, 0.4) is 0 Å². The van der Waals surface area contributed by atoms with Gasteiger partial charge in [-0.15, -0.1) is 0 Å². The number of rotatable bonds is 10. The molecule has 3 amide bonds. The van der Waals surface area contributed by atoms with Gasteiger partial charge in [-0.05, 0) is 18.7 Å². The minimum absolute atomic E-state index is 0.0333. The van der Waals surface area contributed by atoms with Gasteiger partial charge in [-0.1, -0.05) is 6.92 Å². The average Bonchev–Trinajstić information content (AvgIpc) is 2.67. The van der Waals surface area contributed by atoms with E-state index in [9.17, 15) is 31.9 Å². The molecule has 9 nitrogen and oxygen atoms in total. The summed E-state index contributed by atoms with van der Waals surface area (Å²) >= 11 is 0. The van der Waals surface area contributed by atoms with Crippen molar-refractivity contribution in [1.82, 2.24) is 4.90 Å². The van der Waals surface area contributed by atoms with Crippen LogP contribution in [-0.4, -0.2) is 74.5 Å². The van der Waals surface area contributed by atoms with Gasteiger partial charge in [0.15, 0.2) is 11.8 Å². The summed E-state index contributed by atoms with van der Waals surface area (Å²) in [5.74, 6) is -3.05. The summed E-state index contributed by atoms with van der Waals surface area (Å²) < 4.78 is 60.8. The number of benzene rings is 1. The van der Waals surface area contributed by atoms with E-state index in [1.54, 1.807) is 0 Å². The van der Waals surface area contributed by atoms with E-state index < -0.39 is 49.1 Å². The summed E-state index contributed by atoms with van der Waals surface area (Å²) in [6.45, 7) is -2.62. The maximum absolute atomic E-state index is 12.9. The number of nitrogens with two attached hydrogens (primary N) is 1. The van der Waals surface area contributed by atoms with Crippen LogP contribution in [0.2, 0.25) is 0 Å². The predicted molar refractivity (Wildman–Crippen MR) is 101 cm³/mol. The highest BCUT2D eigenvalue weighted by molar-refractivity contribution is 6.09. The van der Waals surface area contributed by atoms with Crippen molar-refractivity contribution < 1.29 is 41.4 Å². The Hall–Kier alpha value is -2.93. The number of alkyl halides is 4. The van der Waals surface area contributed by atoms with Gasteiger partial charge in [0.25, 0.3) is 18.2 Å². The SMILES string of the molecule is CCN(CC(F)F)[C@@H](C(N)=O)C(=O)Nc1ccc(N2CCOCC2=O)c(OC(F)F)c1. The molecular weight excluding hydrogens is 428 g/mol. The van der Waals surface area contributed by atoms with E-state index in [1.165, 1.54) is 24.0 Å². The molecule has 172 valence electrons. The van der Waals surface area contributed by atoms with E-state index in [-0.39, 0.29) is 37.7 Å². The van der Waals surface area contributed by atoms with Crippen molar-refractivity contribution in [1.29, 1.82) is 0 Å². The van der Waals surface area contributed by atoms with E-state index in [0.717, 1.165) is 11.0 Å². The van der Waals surface area contributed by atoms with Gasteiger partial charge in [0, 0.05) is 18.3 Å². The van der Waals surface area contributed by atoms with Crippen molar-refractivity contribution >= 4 is 29.1 Å². The maximum atomic E-state index is 12.9. The van der Waals surface area contributed by atoms with Crippen LogP contribution in [0, 0.1) is 0 Å². The first-order chi connectivity index (χ1) is 14.6. The Morgan fingerprint density at radius 1 is 1.32 bits per heavy atom. The molecule has 0 aromatic heterocycles. The van der Waals surface area contributed by atoms with Crippen molar-refractivity contribution in [2.75, 3.05) is 43.1 Å². The molecule has 1 fully saturated rings. The van der Waals surface area contributed by atoms with Crippen molar-refractivity contribution in [3.05, 3.63) is 18.2 Å². The molecule has 0 saturated carbocycles. The minimum atomic E-state index is -3.22. The number of ether oxygens (including phenoxy) is 2. The second-order valence-corrected chi connectivity index (χ2v) is 6.43. The summed E-state index contributed by atoms with van der Waals surface area (Å²) in [6.07, 6.45) is -2.81. The number of carbonyl (C=O) groups is 3. The summed E-state index contributed by atoms with van der Waals surface area (Å²) in [6, 6.07) is 1.88. The standard InChI is InChI=1S/C18H22F4N4O5/c1-2-25(8-13(19)20)15(16(23)28)17(29)24-10-3-4-11(12(7-10)31-18(21)22)26-5-6-30-9-14(26)27/h3-4,7,13,15,18H,2,5-6,8-9H2,1H3,(H2,23,28)(H,24,29)/t15-/m0/s1. The van der Waals surface area contributed by atoms with Crippen LogP contribution in [-0.2, 0) is 19.1 Å². The molecule has 0 bridgehead atoms. The number of nitrogens with one attached hydrogen (secondary N) is 1. The number of hydrogen-bond donors (Lipinski definition) is 2. The van der Waals surface area contributed by atoms with Crippen LogP contribution in [0.5, 0.6) is 5.75 Å². The molecule has 13 heteroatoms. The third kappa shape index (κ3) is 6.52. The molecule has 31 heavy (non-hydrogen) atoms. The second kappa shape index (κ2) is 10.9. The van der Waals surface area contributed by atoms with Gasteiger partial charge >= 0.3 is 6.61 Å². The van der Waals surface area contributed by atoms with Crippen molar-refractivity contribution in [2.45, 2.75) is 26.0 Å². The molecule has 2 rings (SSSR count). The van der Waals surface area contributed by atoms with Gasteiger partial charge in [-0.2, -0.15) is 8.78 Å². The monoisotopic (exact) mass is 450 g/mol. The lowest BCUT2D eigenvalue weighted by molar-refractivity contribution is -0.133. The lowest BCUT2D eigenvalue weighted by atomic mass is 10.2. The van der Waals surface area contributed by atoms with E-state index >= 15 is 0 Å². The predicted octanol–water partition coefficient (Wildman–Crippen LogP) is 1.03. The smallest absolute Gasteiger partial charge is 0.387 e. The number of carbonyl (C=O) groups excluding carboxylic acids is 3. The zero-order valence-corrected chi connectivity index (χ0v) is 16.5. The van der Waals surface area contributed by atoms with Crippen LogP contribution >= 0.6 is 0 Å². The first-order valence-corrected chi connectivity index (χ1v) is 9.23. The van der Waals surface area contributed by atoms with Crippen LogP contribution in [0.4, 0.5) is 28.9 Å². The number of morpholine rings is 1. The highest BCUT2D eigenvalue weighted by atomic mass is 19.3. The van der Waals surface area contributed by atoms with E-state index in [2.05, 4.69) is 10.1 Å². The van der Waals surface area contributed by atoms with Crippen LogP contribution < -0.4 is 20.7 Å². The highest BCUT2D eigenvalue weighted by Gasteiger charge is 2.32. The summed E-state index contributed by atoms with van der Waals surface area (Å²) in [5.41, 5.74) is 5.18. The average molecular weight is 450 g/mol. The van der Waals surface area contributed by atoms with Gasteiger partial charge in [0.1, 0.15) is 6.61 Å². The Morgan fingerprint density at radius 2 is 2.03 bits per heavy atom. The first kappa shape index (κ1) is 24.3. The van der Waals surface area contributed by atoms with Gasteiger partial charge in [0.2, 0.25) is 5.91 Å². The summed E-state index contributed by atoms with van der Waals surface area (Å²) in [5, 5.41) is 2.29. The highest BCUT2D eigenvalue weighted by Crippen LogP contribution is 2.33. The Labute approximate surface area is 175 Å². The Morgan fingerprint density at radius 3 is 2.58 bits per heavy atom. The Balaban J connectivity index is 2.29. The van der Waals surface area contributed by atoms with E-state index in [0.29, 0.717) is 0 Å². The molecule has 1 aliphatic heterocycles. The molecule has 1 heterocycles. The van der Waals surface area contributed by atoms with Gasteiger partial charge in [-0.3, -0.25) is 19.3 Å². The van der Waals surface area contributed by atoms with Gasteiger partial charge in [-0.25, -0.2) is 8.78 Å². The number of amides is 3. The molecule has 3 N–H and O–H groups in total. The number of primary amides is 1. The number of nitrogens with zero attached hydrogens (tertiary/aromatic N) is 2. The number of hydrogen-bond acceptors (Lipinski definition) is 6. The minimum Gasteiger partial charge on any atom is -0.433 e. The third-order valence-corrected chi connectivity index (χ3v) is 4.38. The summed E-state index contributed by atoms with van der Waals surface area (Å²) in [4.78, 5) is 38.4. The fraction of sp³-hybridized carbons (Fsp3) is 0.500. The molecule has 1 aromatic carbocycles. The maximum Gasteiger partial charge on any atom is 0.387 e. The zero-order valence-electron chi connectivity index (χ0n) is 16.5. The zero-order chi connectivity index (χ0) is 23.1. The Bertz CT molecular complexity index is 811. The fourth-order valence-corrected chi connectivity index (χ4v) is 3.06. The molecule has 1 aliphatic rings. The van der Waals surface area contributed by atoms with E-state index in [1.807, 2.05) is 0 Å². The second-order valence-electron chi connectivity index (χ2n) is 6.43. The molecule has 1 saturated heterocycles. The fourth-order valence-electron chi connectivity index (χ4n) is 3.06. The van der Waals surface area contributed by atoms with Crippen molar-refractivity contribution in [3.63, 3.8) is 0 Å².